The molecule has 4 heterocycles. The smallest absolute Gasteiger partial charge is 0.199 e. The molecular weight excluding hydrogens is 849 g/mol. The van der Waals surface area contributed by atoms with Crippen molar-refractivity contribution in [2.24, 2.45) is 0 Å². The second kappa shape index (κ2) is 17.1. The molecule has 8 aromatic carbocycles. The number of nitrogens with zero attached hydrogens (tertiary/aromatic N) is 4. The molecule has 12 aromatic rings. The van der Waals surface area contributed by atoms with Crippen molar-refractivity contribution in [1.82, 2.24) is 19.9 Å². The summed E-state index contributed by atoms with van der Waals surface area (Å²) < 4.78 is 35.2. The highest BCUT2D eigenvalue weighted by Gasteiger charge is 2.18. The molecule has 0 fully saturated rings. The monoisotopic (exact) mass is 888 g/mol. The average Bonchev–Trinajstić information content (AvgIpc) is 4.26. The zero-order valence-corrected chi connectivity index (χ0v) is 37.0. The van der Waals surface area contributed by atoms with Gasteiger partial charge in [0.1, 0.15) is 11.5 Å². The number of rotatable bonds is 12. The molecule has 10 nitrogen and oxygen atoms in total. The van der Waals surface area contributed by atoms with Crippen molar-refractivity contribution in [1.29, 1.82) is 0 Å². The Labute approximate surface area is 390 Å². The molecular formula is C58H40N4O6. The lowest BCUT2D eigenvalue weighted by molar-refractivity contribution is 0.413. The highest BCUT2D eigenvalue weighted by atomic mass is 16.5. The maximum atomic E-state index is 6.41. The van der Waals surface area contributed by atoms with Crippen molar-refractivity contribution >= 4 is 32.3 Å². The van der Waals surface area contributed by atoms with Gasteiger partial charge in [0.15, 0.2) is 47.6 Å². The summed E-state index contributed by atoms with van der Waals surface area (Å²) in [6.45, 7) is 0. The largest absolute Gasteiger partial charge is 0.496 e. The first-order valence-corrected chi connectivity index (χ1v) is 22.2. The van der Waals surface area contributed by atoms with Gasteiger partial charge in [0.2, 0.25) is 0 Å². The Bertz CT molecular complexity index is 3550. The molecule has 10 heteroatoms. The second-order valence-corrected chi connectivity index (χ2v) is 16.6. The van der Waals surface area contributed by atoms with Crippen LogP contribution in [0.2, 0.25) is 0 Å². The SMILES string of the molecule is COc1cc(Cc2ncc(-c3ccccc3-c3ccc4c(ccc5c6ccc(-c7ccccc7-c7cnc(Cc8ccc(-c9cnco9)c(OC)c8)o7)cc6ccc45)c3)o2)ccc1-c1cnco1. The van der Waals surface area contributed by atoms with Gasteiger partial charge in [-0.1, -0.05) is 109 Å². The van der Waals surface area contributed by atoms with E-state index in [-0.39, 0.29) is 0 Å². The zero-order chi connectivity index (χ0) is 45.6. The van der Waals surface area contributed by atoms with Crippen molar-refractivity contribution in [2.75, 3.05) is 14.2 Å². The number of benzene rings is 8. The molecule has 0 radical (unpaired) electrons. The van der Waals surface area contributed by atoms with Crippen molar-refractivity contribution < 1.29 is 27.1 Å². The van der Waals surface area contributed by atoms with Gasteiger partial charge in [-0.3, -0.25) is 0 Å². The predicted molar refractivity (Wildman–Crippen MR) is 263 cm³/mol. The fourth-order valence-corrected chi connectivity index (χ4v) is 9.30. The quantitative estimate of drug-likeness (QED) is 0.110. The van der Waals surface area contributed by atoms with E-state index in [9.17, 15) is 0 Å². The molecule has 0 aliphatic heterocycles. The van der Waals surface area contributed by atoms with Gasteiger partial charge >= 0.3 is 0 Å². The molecule has 328 valence electrons. The molecule has 0 aliphatic carbocycles. The van der Waals surface area contributed by atoms with Crippen LogP contribution >= 0.6 is 0 Å². The van der Waals surface area contributed by atoms with E-state index in [1.54, 1.807) is 26.6 Å². The van der Waals surface area contributed by atoms with E-state index < -0.39 is 0 Å². The third kappa shape index (κ3) is 7.43. The Balaban J connectivity index is 0.802. The molecule has 0 saturated heterocycles. The van der Waals surface area contributed by atoms with Gasteiger partial charge in [0.05, 0.1) is 50.1 Å². The van der Waals surface area contributed by atoms with Crippen LogP contribution in [0.3, 0.4) is 0 Å². The molecule has 12 rings (SSSR count). The molecule has 0 aliphatic rings. The lowest BCUT2D eigenvalue weighted by atomic mass is 9.91. The van der Waals surface area contributed by atoms with Gasteiger partial charge in [0, 0.05) is 24.0 Å². The maximum absolute atomic E-state index is 6.41. The van der Waals surface area contributed by atoms with Crippen LogP contribution in [0, 0.1) is 0 Å². The van der Waals surface area contributed by atoms with Crippen LogP contribution in [-0.4, -0.2) is 34.2 Å². The summed E-state index contributed by atoms with van der Waals surface area (Å²) >= 11 is 0. The first-order valence-electron chi connectivity index (χ1n) is 22.2. The number of methoxy groups -OCH3 is 2. The minimum Gasteiger partial charge on any atom is -0.496 e. The standard InChI is InChI=1S/C58H40N4O6/c1-63-51-23-35(11-17-49(51)53-29-59-33-65-53)25-57-61-31-55(67-57)47-9-5-3-7-41(47)37-13-19-43-39(27-37)15-21-46-44-20-14-38(28-40(44)16-22-45(43)46)42-8-4-6-10-48(42)56-32-62-58(68-56)26-36-12-18-50(52(24-36)64-2)54-30-60-34-66-54/h3-24,27-34H,25-26H2,1-2H3. The van der Waals surface area contributed by atoms with Crippen LogP contribution in [0.15, 0.2) is 201 Å². The van der Waals surface area contributed by atoms with E-state index >= 15 is 0 Å². The lowest BCUT2D eigenvalue weighted by Crippen LogP contribution is -1.92. The van der Waals surface area contributed by atoms with E-state index in [4.69, 9.17) is 27.1 Å². The van der Waals surface area contributed by atoms with Crippen molar-refractivity contribution in [3.8, 4) is 79.0 Å². The van der Waals surface area contributed by atoms with Gasteiger partial charge in [-0.25, -0.2) is 19.9 Å². The van der Waals surface area contributed by atoms with Crippen molar-refractivity contribution in [3.63, 3.8) is 0 Å². The van der Waals surface area contributed by atoms with Gasteiger partial charge in [-0.15, -0.1) is 0 Å². The van der Waals surface area contributed by atoms with Gasteiger partial charge in [-0.2, -0.15) is 0 Å². The van der Waals surface area contributed by atoms with E-state index in [1.807, 2.05) is 60.9 Å². The summed E-state index contributed by atoms with van der Waals surface area (Å²) in [7, 11) is 3.29. The molecule has 0 atom stereocenters. The molecule has 68 heavy (non-hydrogen) atoms. The number of hydrogen-bond donors (Lipinski definition) is 0. The van der Waals surface area contributed by atoms with Gasteiger partial charge in [-0.05, 0) is 102 Å². The summed E-state index contributed by atoms with van der Waals surface area (Å²) in [6.07, 6.45) is 10.8. The molecule has 0 spiro atoms. The summed E-state index contributed by atoms with van der Waals surface area (Å²) in [6, 6.07) is 50.9. The third-order valence-electron chi connectivity index (χ3n) is 12.6. The van der Waals surface area contributed by atoms with Gasteiger partial charge in [0.25, 0.3) is 0 Å². The highest BCUT2D eigenvalue weighted by Crippen LogP contribution is 2.40. The summed E-state index contributed by atoms with van der Waals surface area (Å²) in [5.74, 6) is 5.33. The number of hydrogen-bond acceptors (Lipinski definition) is 10. The number of oxazole rings is 4. The Morgan fingerprint density at radius 2 is 0.838 bits per heavy atom. The van der Waals surface area contributed by atoms with Crippen molar-refractivity contribution in [2.45, 2.75) is 12.8 Å². The fourth-order valence-electron chi connectivity index (χ4n) is 9.30. The van der Waals surface area contributed by atoms with Crippen LogP contribution in [0.25, 0.3) is 99.9 Å². The summed E-state index contributed by atoms with van der Waals surface area (Å²) in [4.78, 5) is 17.4. The molecule has 4 aromatic heterocycles. The van der Waals surface area contributed by atoms with Gasteiger partial charge < -0.3 is 27.1 Å². The Kier molecular flexibility index (Phi) is 10.2. The molecule has 0 N–H and O–H groups in total. The van der Waals surface area contributed by atoms with E-state index in [0.717, 1.165) is 66.4 Å². The third-order valence-corrected chi connectivity index (χ3v) is 12.6. The Morgan fingerprint density at radius 3 is 1.26 bits per heavy atom. The van der Waals surface area contributed by atoms with Crippen LogP contribution in [-0.2, 0) is 12.8 Å². The number of fused-ring (bicyclic) bond motifs is 5. The van der Waals surface area contributed by atoms with Crippen LogP contribution < -0.4 is 9.47 Å². The van der Waals surface area contributed by atoms with Crippen LogP contribution in [0.5, 0.6) is 11.5 Å². The topological polar surface area (TPSA) is 123 Å². The number of aromatic nitrogens is 4. The predicted octanol–water partition coefficient (Wildman–Crippen LogP) is 14.3. The second-order valence-electron chi connectivity index (χ2n) is 16.6. The highest BCUT2D eigenvalue weighted by molar-refractivity contribution is 6.18. The van der Waals surface area contributed by atoms with E-state index in [1.165, 1.54) is 34.3 Å². The minimum atomic E-state index is 0.506. The summed E-state index contributed by atoms with van der Waals surface area (Å²) in [5.41, 5.74) is 9.96. The van der Waals surface area contributed by atoms with Crippen LogP contribution in [0.4, 0.5) is 0 Å². The fraction of sp³-hybridized carbons (Fsp3) is 0.0690. The average molecular weight is 889 g/mol. The maximum Gasteiger partial charge on any atom is 0.199 e. The Hall–Kier alpha value is -9.02. The normalized spacial score (nSPS) is 11.5. The first-order chi connectivity index (χ1) is 33.6. The molecule has 0 saturated carbocycles. The van der Waals surface area contributed by atoms with Crippen molar-refractivity contribution in [3.05, 3.63) is 206 Å². The van der Waals surface area contributed by atoms with Crippen LogP contribution in [0.1, 0.15) is 22.9 Å². The number of ether oxygens (including phenoxy) is 2. The molecule has 0 unspecified atom stereocenters. The van der Waals surface area contributed by atoms with E-state index in [2.05, 4.69) is 117 Å². The summed E-state index contributed by atoms with van der Waals surface area (Å²) in [5, 5.41) is 7.10. The minimum absolute atomic E-state index is 0.506. The lowest BCUT2D eigenvalue weighted by Gasteiger charge is -2.13. The molecule has 0 amide bonds. The van der Waals surface area contributed by atoms with E-state index in [0.29, 0.717) is 59.2 Å². The first kappa shape index (κ1) is 40.5. The zero-order valence-electron chi connectivity index (χ0n) is 37.0. The Morgan fingerprint density at radius 1 is 0.397 bits per heavy atom. The molecule has 0 bridgehead atoms.